The molecule has 0 spiro atoms. The molecule has 5 heteroatoms. The molecule has 232 valence electrons. The standard InChI is InChI=1S/C45H26N4S/c1-3-12-27(13-4-1)43-46-44(28-14-5-2-6-15-28)48-45(47-43)37-22-11-21-36-35-20-9-17-30(41(35)50-42(36)37)29-24-25-32-34-19-10-18-33-31-16-7-8-23-38(31)49(40(33)34)39(32)26-29/h1-26H. The summed E-state index contributed by atoms with van der Waals surface area (Å²) in [4.78, 5) is 15.1. The zero-order valence-corrected chi connectivity index (χ0v) is 27.5. The molecule has 0 atom stereocenters. The number of benzene rings is 7. The van der Waals surface area contributed by atoms with E-state index in [1.165, 1.54) is 69.4 Å². The van der Waals surface area contributed by atoms with Crippen LogP contribution < -0.4 is 0 Å². The predicted molar refractivity (Wildman–Crippen MR) is 209 cm³/mol. The first-order valence-corrected chi connectivity index (χ1v) is 17.6. The molecule has 7 aromatic carbocycles. The number of aromatic nitrogens is 4. The van der Waals surface area contributed by atoms with Gasteiger partial charge in [0, 0.05) is 58.4 Å². The van der Waals surface area contributed by atoms with Crippen LogP contribution in [-0.4, -0.2) is 19.4 Å². The van der Waals surface area contributed by atoms with Gasteiger partial charge in [-0.3, -0.25) is 0 Å². The summed E-state index contributed by atoms with van der Waals surface area (Å²) in [6.07, 6.45) is 0. The summed E-state index contributed by atoms with van der Waals surface area (Å²) < 4.78 is 4.89. The molecule has 11 aromatic rings. The van der Waals surface area contributed by atoms with Crippen LogP contribution in [0.25, 0.3) is 104 Å². The highest BCUT2D eigenvalue weighted by Gasteiger charge is 2.20. The first-order valence-electron chi connectivity index (χ1n) is 16.8. The summed E-state index contributed by atoms with van der Waals surface area (Å²) in [7, 11) is 0. The maximum absolute atomic E-state index is 5.08. The SMILES string of the molecule is c1ccc(-c2nc(-c3ccccc3)nc(-c3cccc4c3sc3c(-c5ccc6c7cccc8c9ccccc9n(c6c5)c87)cccc34)n2)cc1. The smallest absolute Gasteiger partial charge is 0.165 e. The van der Waals surface area contributed by atoms with Crippen molar-refractivity contribution in [1.82, 2.24) is 19.4 Å². The molecule has 0 fully saturated rings. The van der Waals surface area contributed by atoms with Crippen molar-refractivity contribution in [2.45, 2.75) is 0 Å². The Labute approximate surface area is 290 Å². The lowest BCUT2D eigenvalue weighted by Crippen LogP contribution is -2.00. The highest BCUT2D eigenvalue weighted by molar-refractivity contribution is 7.26. The van der Waals surface area contributed by atoms with E-state index < -0.39 is 0 Å². The zero-order chi connectivity index (χ0) is 32.8. The van der Waals surface area contributed by atoms with Crippen molar-refractivity contribution < 1.29 is 0 Å². The van der Waals surface area contributed by atoms with Gasteiger partial charge in [0.25, 0.3) is 0 Å². The first-order chi connectivity index (χ1) is 24.8. The predicted octanol–water partition coefficient (Wildman–Crippen LogP) is 12.1. The van der Waals surface area contributed by atoms with Crippen molar-refractivity contribution in [3.63, 3.8) is 0 Å². The van der Waals surface area contributed by atoms with Gasteiger partial charge in [-0.05, 0) is 29.3 Å². The summed E-state index contributed by atoms with van der Waals surface area (Å²) in [6.45, 7) is 0. The second-order valence-corrected chi connectivity index (χ2v) is 13.8. The number of rotatable bonds is 4. The Morgan fingerprint density at radius 2 is 0.880 bits per heavy atom. The third-order valence-electron chi connectivity index (χ3n) is 10.00. The molecular weight excluding hydrogens is 629 g/mol. The van der Waals surface area contributed by atoms with Crippen LogP contribution in [0.5, 0.6) is 0 Å². The maximum atomic E-state index is 5.08. The van der Waals surface area contributed by atoms with Gasteiger partial charge < -0.3 is 4.40 Å². The van der Waals surface area contributed by atoms with Crippen LogP contribution in [0.15, 0.2) is 158 Å². The van der Waals surface area contributed by atoms with E-state index in [4.69, 9.17) is 15.0 Å². The second-order valence-electron chi connectivity index (χ2n) is 12.8. The van der Waals surface area contributed by atoms with Crippen LogP contribution in [0.1, 0.15) is 0 Å². The van der Waals surface area contributed by atoms with E-state index in [9.17, 15) is 0 Å². The van der Waals surface area contributed by atoms with E-state index in [0.717, 1.165) is 16.7 Å². The molecule has 0 radical (unpaired) electrons. The van der Waals surface area contributed by atoms with Crippen molar-refractivity contribution in [2.24, 2.45) is 0 Å². The average molecular weight is 655 g/mol. The van der Waals surface area contributed by atoms with Gasteiger partial charge in [-0.15, -0.1) is 11.3 Å². The van der Waals surface area contributed by atoms with Crippen LogP contribution in [0.3, 0.4) is 0 Å². The van der Waals surface area contributed by atoms with Crippen LogP contribution >= 0.6 is 11.3 Å². The average Bonchev–Trinajstić information content (AvgIpc) is 3.85. The normalized spacial score (nSPS) is 12.0. The summed E-state index contributed by atoms with van der Waals surface area (Å²) in [5.41, 5.74) is 9.16. The summed E-state index contributed by atoms with van der Waals surface area (Å²) in [5.74, 6) is 2.01. The molecule has 0 saturated carbocycles. The highest BCUT2D eigenvalue weighted by Crippen LogP contribution is 2.45. The lowest BCUT2D eigenvalue weighted by Gasteiger charge is -2.09. The van der Waals surface area contributed by atoms with E-state index in [0.29, 0.717) is 17.5 Å². The Kier molecular flexibility index (Phi) is 5.80. The largest absolute Gasteiger partial charge is 0.308 e. The molecule has 0 saturated heterocycles. The van der Waals surface area contributed by atoms with Gasteiger partial charge in [-0.2, -0.15) is 0 Å². The van der Waals surface area contributed by atoms with Gasteiger partial charge in [-0.25, -0.2) is 15.0 Å². The number of thiophene rings is 1. The monoisotopic (exact) mass is 654 g/mol. The van der Waals surface area contributed by atoms with Gasteiger partial charge in [0.15, 0.2) is 17.5 Å². The minimum atomic E-state index is 0.666. The Morgan fingerprint density at radius 3 is 1.58 bits per heavy atom. The quantitative estimate of drug-likeness (QED) is 0.190. The fourth-order valence-electron chi connectivity index (χ4n) is 7.75. The number of hydrogen-bond acceptors (Lipinski definition) is 4. The van der Waals surface area contributed by atoms with Crippen molar-refractivity contribution >= 4 is 69.6 Å². The van der Waals surface area contributed by atoms with E-state index in [1.807, 2.05) is 47.7 Å². The Bertz CT molecular complexity index is 3030. The molecule has 0 unspecified atom stereocenters. The summed E-state index contributed by atoms with van der Waals surface area (Å²) in [6, 6.07) is 55.9. The molecule has 11 rings (SSSR count). The van der Waals surface area contributed by atoms with E-state index >= 15 is 0 Å². The lowest BCUT2D eigenvalue weighted by molar-refractivity contribution is 1.08. The van der Waals surface area contributed by atoms with Crippen molar-refractivity contribution in [2.75, 3.05) is 0 Å². The molecule has 0 aliphatic rings. The number of hydrogen-bond donors (Lipinski definition) is 0. The third kappa shape index (κ3) is 3.95. The van der Waals surface area contributed by atoms with E-state index in [-0.39, 0.29) is 0 Å². The Hall–Kier alpha value is -6.43. The summed E-state index contributed by atoms with van der Waals surface area (Å²) >= 11 is 1.82. The van der Waals surface area contributed by atoms with Crippen LogP contribution in [0.4, 0.5) is 0 Å². The molecular formula is C45H26N4S. The molecule has 4 aromatic heterocycles. The van der Waals surface area contributed by atoms with Crippen molar-refractivity contribution in [1.29, 1.82) is 0 Å². The Balaban J connectivity index is 1.14. The topological polar surface area (TPSA) is 43.1 Å². The van der Waals surface area contributed by atoms with Gasteiger partial charge in [0.05, 0.1) is 16.6 Å². The van der Waals surface area contributed by atoms with E-state index in [1.54, 1.807) is 0 Å². The fourth-order valence-corrected chi connectivity index (χ4v) is 9.10. The number of nitrogens with zero attached hydrogens (tertiary/aromatic N) is 4. The molecule has 0 bridgehead atoms. The lowest BCUT2D eigenvalue weighted by atomic mass is 10.00. The van der Waals surface area contributed by atoms with Crippen LogP contribution in [-0.2, 0) is 0 Å². The minimum Gasteiger partial charge on any atom is -0.308 e. The van der Waals surface area contributed by atoms with Gasteiger partial charge in [0.1, 0.15) is 0 Å². The molecule has 0 N–H and O–H groups in total. The third-order valence-corrected chi connectivity index (χ3v) is 11.3. The fraction of sp³-hybridized carbons (Fsp3) is 0. The van der Waals surface area contributed by atoms with E-state index in [2.05, 4.69) is 126 Å². The van der Waals surface area contributed by atoms with Crippen LogP contribution in [0.2, 0.25) is 0 Å². The molecule has 4 heterocycles. The number of para-hydroxylation sites is 2. The first kappa shape index (κ1) is 27.5. The molecule has 0 aliphatic heterocycles. The Morgan fingerprint density at radius 1 is 0.360 bits per heavy atom. The van der Waals surface area contributed by atoms with Crippen molar-refractivity contribution in [3.8, 4) is 45.3 Å². The van der Waals surface area contributed by atoms with Gasteiger partial charge in [-0.1, -0.05) is 140 Å². The highest BCUT2D eigenvalue weighted by atomic mass is 32.1. The van der Waals surface area contributed by atoms with Gasteiger partial charge >= 0.3 is 0 Å². The molecule has 0 aliphatic carbocycles. The number of fused-ring (bicyclic) bond motifs is 9. The molecule has 50 heavy (non-hydrogen) atoms. The summed E-state index contributed by atoms with van der Waals surface area (Å²) in [5, 5.41) is 7.63. The minimum absolute atomic E-state index is 0.666. The molecule has 0 amide bonds. The molecule has 4 nitrogen and oxygen atoms in total. The maximum Gasteiger partial charge on any atom is 0.165 e. The van der Waals surface area contributed by atoms with Crippen LogP contribution in [0, 0.1) is 0 Å². The zero-order valence-electron chi connectivity index (χ0n) is 26.7. The van der Waals surface area contributed by atoms with Gasteiger partial charge in [0.2, 0.25) is 0 Å². The van der Waals surface area contributed by atoms with Crippen molar-refractivity contribution in [3.05, 3.63) is 158 Å². The second kappa shape index (κ2) is 10.5.